The Kier molecular flexibility index (Phi) is 7.06. The van der Waals surface area contributed by atoms with E-state index in [-0.39, 0.29) is 11.0 Å². The molecule has 0 aromatic heterocycles. The van der Waals surface area contributed by atoms with Crippen LogP contribution in [-0.4, -0.2) is 7.05 Å². The van der Waals surface area contributed by atoms with Crippen LogP contribution in [0.25, 0.3) is 0 Å². The summed E-state index contributed by atoms with van der Waals surface area (Å²) in [6.07, 6.45) is 2.24. The van der Waals surface area contributed by atoms with Gasteiger partial charge in [0.15, 0.2) is 0 Å². The summed E-state index contributed by atoms with van der Waals surface area (Å²) in [6.45, 7) is 13.7. The highest BCUT2D eigenvalue weighted by Crippen LogP contribution is 2.37. The summed E-state index contributed by atoms with van der Waals surface area (Å²) in [7, 11) is 2.07. The Balaban J connectivity index is 1.85. The van der Waals surface area contributed by atoms with Gasteiger partial charge in [0, 0.05) is 0 Å². The second-order valence-corrected chi connectivity index (χ2v) is 10.2. The summed E-state index contributed by atoms with van der Waals surface area (Å²) in [6, 6.07) is 26.9. The molecule has 31 heavy (non-hydrogen) atoms. The van der Waals surface area contributed by atoms with Gasteiger partial charge in [-0.2, -0.15) is 0 Å². The van der Waals surface area contributed by atoms with Crippen LogP contribution < -0.4 is 5.32 Å². The van der Waals surface area contributed by atoms with E-state index < -0.39 is 0 Å². The summed E-state index contributed by atoms with van der Waals surface area (Å²) in [5.41, 5.74) is 8.29. The Hall–Kier alpha value is -2.38. The van der Waals surface area contributed by atoms with Gasteiger partial charge in [0.25, 0.3) is 0 Å². The summed E-state index contributed by atoms with van der Waals surface area (Å²) in [4.78, 5) is 0. The van der Waals surface area contributed by atoms with Gasteiger partial charge in [0.05, 0.1) is 5.54 Å². The van der Waals surface area contributed by atoms with Gasteiger partial charge in [-0.15, -0.1) is 0 Å². The van der Waals surface area contributed by atoms with Gasteiger partial charge in [-0.05, 0) is 78.5 Å². The van der Waals surface area contributed by atoms with E-state index in [0.29, 0.717) is 5.92 Å². The smallest absolute Gasteiger partial charge is 0.0664 e. The second kappa shape index (κ2) is 9.40. The van der Waals surface area contributed by atoms with Gasteiger partial charge < -0.3 is 5.32 Å². The van der Waals surface area contributed by atoms with Crippen molar-refractivity contribution in [3.8, 4) is 0 Å². The maximum absolute atomic E-state index is 3.64. The molecule has 1 heteroatoms. The SMILES string of the molecule is CN[C@](C)(c1ccccc1C)c1ccccc1[C@H](C)CCc1ccc(C(C)(C)C)cc1. The van der Waals surface area contributed by atoms with Crippen LogP contribution in [0, 0.1) is 6.92 Å². The molecule has 164 valence electrons. The molecule has 0 radical (unpaired) electrons. The number of rotatable bonds is 7. The first-order valence-corrected chi connectivity index (χ1v) is 11.6. The van der Waals surface area contributed by atoms with Crippen LogP contribution in [-0.2, 0) is 17.4 Å². The zero-order chi connectivity index (χ0) is 22.6. The molecule has 3 aromatic carbocycles. The van der Waals surface area contributed by atoms with Crippen molar-refractivity contribution in [2.24, 2.45) is 0 Å². The standard InChI is InChI=1S/C30H39N/c1-22(16-17-24-18-20-25(21-19-24)29(3,4)5)26-13-9-11-15-28(26)30(6,31-7)27-14-10-8-12-23(27)2/h8-15,18-22,31H,16-17H2,1-7H3/t22-,30-/m1/s1. The van der Waals surface area contributed by atoms with Crippen molar-refractivity contribution in [1.29, 1.82) is 0 Å². The highest BCUT2D eigenvalue weighted by atomic mass is 14.9. The van der Waals surface area contributed by atoms with Crippen molar-refractivity contribution in [3.63, 3.8) is 0 Å². The Morgan fingerprint density at radius 3 is 1.94 bits per heavy atom. The van der Waals surface area contributed by atoms with Gasteiger partial charge in [-0.3, -0.25) is 0 Å². The predicted molar refractivity (Wildman–Crippen MR) is 135 cm³/mol. The zero-order valence-electron chi connectivity index (χ0n) is 20.4. The minimum absolute atomic E-state index is 0.206. The Morgan fingerprint density at radius 1 is 0.774 bits per heavy atom. The van der Waals surface area contributed by atoms with Gasteiger partial charge in [-0.1, -0.05) is 100 Å². The lowest BCUT2D eigenvalue weighted by Gasteiger charge is -2.35. The molecule has 0 heterocycles. The van der Waals surface area contributed by atoms with E-state index in [1.165, 1.54) is 33.4 Å². The normalized spacial score (nSPS) is 14.8. The van der Waals surface area contributed by atoms with E-state index in [1.807, 2.05) is 0 Å². The van der Waals surface area contributed by atoms with E-state index in [0.717, 1.165) is 12.8 Å². The molecule has 0 unspecified atom stereocenters. The molecule has 1 nitrogen and oxygen atoms in total. The number of hydrogen-bond donors (Lipinski definition) is 1. The summed E-state index contributed by atoms with van der Waals surface area (Å²) < 4.78 is 0. The first kappa shape index (κ1) is 23.3. The van der Waals surface area contributed by atoms with Crippen molar-refractivity contribution in [2.45, 2.75) is 71.3 Å². The molecule has 3 rings (SSSR count). The maximum atomic E-state index is 3.64. The lowest BCUT2D eigenvalue weighted by molar-refractivity contribution is 0.472. The molecule has 0 bridgehead atoms. The van der Waals surface area contributed by atoms with Crippen molar-refractivity contribution in [2.75, 3.05) is 7.05 Å². The van der Waals surface area contributed by atoms with Gasteiger partial charge in [0.1, 0.15) is 0 Å². The number of nitrogens with one attached hydrogen (secondary N) is 1. The number of benzene rings is 3. The van der Waals surface area contributed by atoms with E-state index in [9.17, 15) is 0 Å². The fourth-order valence-corrected chi connectivity index (χ4v) is 4.64. The van der Waals surface area contributed by atoms with Crippen LogP contribution in [0.1, 0.15) is 80.3 Å². The summed E-state index contributed by atoms with van der Waals surface area (Å²) >= 11 is 0. The van der Waals surface area contributed by atoms with E-state index in [2.05, 4.69) is 127 Å². The third-order valence-corrected chi connectivity index (χ3v) is 6.90. The first-order chi connectivity index (χ1) is 14.7. The average Bonchev–Trinajstić information content (AvgIpc) is 2.77. The van der Waals surface area contributed by atoms with Crippen LogP contribution in [0.3, 0.4) is 0 Å². The molecule has 0 aliphatic heterocycles. The zero-order valence-corrected chi connectivity index (χ0v) is 20.4. The minimum Gasteiger partial charge on any atom is -0.307 e. The number of hydrogen-bond acceptors (Lipinski definition) is 1. The fourth-order valence-electron chi connectivity index (χ4n) is 4.64. The lowest BCUT2D eigenvalue weighted by atomic mass is 9.77. The van der Waals surface area contributed by atoms with Crippen LogP contribution in [0.4, 0.5) is 0 Å². The Bertz CT molecular complexity index is 993. The van der Waals surface area contributed by atoms with E-state index in [1.54, 1.807) is 0 Å². The van der Waals surface area contributed by atoms with Crippen LogP contribution >= 0.6 is 0 Å². The monoisotopic (exact) mass is 413 g/mol. The third kappa shape index (κ3) is 5.10. The number of aryl methyl sites for hydroxylation is 2. The lowest BCUT2D eigenvalue weighted by Crippen LogP contribution is -2.39. The van der Waals surface area contributed by atoms with Crippen molar-refractivity contribution >= 4 is 0 Å². The van der Waals surface area contributed by atoms with Crippen LogP contribution in [0.2, 0.25) is 0 Å². The van der Waals surface area contributed by atoms with E-state index in [4.69, 9.17) is 0 Å². The maximum Gasteiger partial charge on any atom is 0.0664 e. The fraction of sp³-hybridized carbons (Fsp3) is 0.400. The average molecular weight is 414 g/mol. The van der Waals surface area contributed by atoms with Crippen molar-refractivity contribution < 1.29 is 0 Å². The van der Waals surface area contributed by atoms with Crippen LogP contribution in [0.15, 0.2) is 72.8 Å². The predicted octanol–water partition coefficient (Wildman–Crippen LogP) is 7.51. The van der Waals surface area contributed by atoms with Crippen LogP contribution in [0.5, 0.6) is 0 Å². The topological polar surface area (TPSA) is 12.0 Å². The Labute approximate surface area is 189 Å². The van der Waals surface area contributed by atoms with E-state index >= 15 is 0 Å². The highest BCUT2D eigenvalue weighted by molar-refractivity contribution is 5.46. The largest absolute Gasteiger partial charge is 0.307 e. The van der Waals surface area contributed by atoms with Gasteiger partial charge >= 0.3 is 0 Å². The third-order valence-electron chi connectivity index (χ3n) is 6.90. The molecular weight excluding hydrogens is 374 g/mol. The summed E-state index contributed by atoms with van der Waals surface area (Å²) in [5, 5.41) is 3.64. The second-order valence-electron chi connectivity index (χ2n) is 10.2. The molecule has 0 spiro atoms. The van der Waals surface area contributed by atoms with Crippen molar-refractivity contribution in [1.82, 2.24) is 5.32 Å². The molecule has 2 atom stereocenters. The van der Waals surface area contributed by atoms with Gasteiger partial charge in [0.2, 0.25) is 0 Å². The Morgan fingerprint density at radius 2 is 1.35 bits per heavy atom. The summed E-state index contributed by atoms with van der Waals surface area (Å²) in [5.74, 6) is 0.482. The highest BCUT2D eigenvalue weighted by Gasteiger charge is 2.31. The molecule has 0 fully saturated rings. The quantitative estimate of drug-likeness (QED) is 0.422. The molecule has 0 amide bonds. The molecule has 0 aliphatic rings. The molecule has 1 N–H and O–H groups in total. The van der Waals surface area contributed by atoms with Crippen molar-refractivity contribution in [3.05, 3.63) is 106 Å². The molecule has 0 aliphatic carbocycles. The molecular formula is C30H39N. The molecule has 3 aromatic rings. The first-order valence-electron chi connectivity index (χ1n) is 11.6. The molecule has 0 saturated heterocycles. The molecule has 0 saturated carbocycles. The minimum atomic E-state index is -0.218. The van der Waals surface area contributed by atoms with Gasteiger partial charge in [-0.25, -0.2) is 0 Å².